The van der Waals surface area contributed by atoms with E-state index in [-0.39, 0.29) is 29.7 Å². The number of carbonyl (C=O) groups is 1. The fourth-order valence-electron chi connectivity index (χ4n) is 6.09. The van der Waals surface area contributed by atoms with Crippen LogP contribution < -0.4 is 0 Å². The van der Waals surface area contributed by atoms with Crippen LogP contribution in [-0.2, 0) is 19.0 Å². The molecule has 0 radical (unpaired) electrons. The van der Waals surface area contributed by atoms with Crippen LogP contribution in [-0.4, -0.2) is 47.2 Å². The number of esters is 1. The second-order valence-corrected chi connectivity index (χ2v) is 11.6. The standard InChI is InChI=1S/C29H42O5/c1-17-9-8-10-22-16-32-26-21(5)19(3)13-25(29(22,26)31)27(30)33-24-14-23(34-28(6,7)15-24)12-11-18(2)20(17)4/h8-11,13,17,20-21,23-26,31H,12,14-16H2,1-7H3/b9-8+,18-11+,22-10+/t17-,20?,21?,23?,24-,25-,26?,29+/m0/s1. The largest absolute Gasteiger partial charge is 0.462 e. The van der Waals surface area contributed by atoms with Crippen molar-refractivity contribution in [3.05, 3.63) is 47.1 Å². The lowest BCUT2D eigenvalue weighted by Crippen LogP contribution is -2.55. The van der Waals surface area contributed by atoms with Gasteiger partial charge in [-0.15, -0.1) is 0 Å². The van der Waals surface area contributed by atoms with Crippen molar-refractivity contribution >= 4 is 5.97 Å². The minimum Gasteiger partial charge on any atom is -0.462 e. The van der Waals surface area contributed by atoms with E-state index in [0.717, 1.165) is 17.6 Å². The molecule has 0 aromatic rings. The molecule has 0 aromatic carbocycles. The number of ether oxygens (including phenoxy) is 3. The molecule has 3 aliphatic heterocycles. The summed E-state index contributed by atoms with van der Waals surface area (Å²) in [5, 5.41) is 12.0. The summed E-state index contributed by atoms with van der Waals surface area (Å²) in [6, 6.07) is 0. The molecule has 1 aliphatic carbocycles. The fourth-order valence-corrected chi connectivity index (χ4v) is 6.09. The van der Waals surface area contributed by atoms with Gasteiger partial charge in [0, 0.05) is 18.8 Å². The molecule has 2 bridgehead atoms. The summed E-state index contributed by atoms with van der Waals surface area (Å²) in [7, 11) is 0. The molecule has 4 rings (SSSR count). The summed E-state index contributed by atoms with van der Waals surface area (Å²) in [4.78, 5) is 13.6. The van der Waals surface area contributed by atoms with Crippen LogP contribution in [0, 0.1) is 23.7 Å². The van der Waals surface area contributed by atoms with E-state index in [1.807, 2.05) is 25.2 Å². The van der Waals surface area contributed by atoms with Gasteiger partial charge in [0.2, 0.25) is 0 Å². The van der Waals surface area contributed by atoms with Gasteiger partial charge in [0.1, 0.15) is 17.6 Å². The number of hydrogen-bond acceptors (Lipinski definition) is 5. The van der Waals surface area contributed by atoms with Gasteiger partial charge in [-0.1, -0.05) is 62.3 Å². The van der Waals surface area contributed by atoms with Crippen LogP contribution in [0.25, 0.3) is 0 Å². The lowest BCUT2D eigenvalue weighted by molar-refractivity contribution is -0.184. The van der Waals surface area contributed by atoms with Gasteiger partial charge in [-0.05, 0) is 51.5 Å². The number of allylic oxidation sites excluding steroid dienone is 4. The smallest absolute Gasteiger partial charge is 0.316 e. The Morgan fingerprint density at radius 3 is 2.53 bits per heavy atom. The van der Waals surface area contributed by atoms with E-state index in [1.165, 1.54) is 5.57 Å². The zero-order chi connectivity index (χ0) is 24.8. The monoisotopic (exact) mass is 470 g/mol. The molecule has 188 valence electrons. The molecule has 5 nitrogen and oxygen atoms in total. The normalized spacial score (nSPS) is 46.8. The molecule has 2 fully saturated rings. The average Bonchev–Trinajstić information content (AvgIpc) is 3.09. The molecular weight excluding hydrogens is 428 g/mol. The third-order valence-corrected chi connectivity index (χ3v) is 8.63. The Balaban J connectivity index is 1.76. The molecule has 0 aromatic heterocycles. The Morgan fingerprint density at radius 1 is 1.06 bits per heavy atom. The van der Waals surface area contributed by atoms with Crippen LogP contribution in [0.1, 0.15) is 67.7 Å². The number of rotatable bonds is 0. The van der Waals surface area contributed by atoms with E-state index in [0.29, 0.717) is 31.3 Å². The highest BCUT2D eigenvalue weighted by Crippen LogP contribution is 2.48. The maximum absolute atomic E-state index is 13.6. The summed E-state index contributed by atoms with van der Waals surface area (Å²) in [5.41, 5.74) is 1.35. The third-order valence-electron chi connectivity index (χ3n) is 8.63. The van der Waals surface area contributed by atoms with E-state index in [2.05, 4.69) is 53.7 Å². The third kappa shape index (κ3) is 4.72. The van der Waals surface area contributed by atoms with Crippen molar-refractivity contribution in [2.75, 3.05) is 6.61 Å². The van der Waals surface area contributed by atoms with Crippen molar-refractivity contribution in [3.8, 4) is 0 Å². The second kappa shape index (κ2) is 9.40. The lowest BCUT2D eigenvalue weighted by Gasteiger charge is -2.43. The molecule has 2 saturated heterocycles. The Morgan fingerprint density at radius 2 is 1.79 bits per heavy atom. The van der Waals surface area contributed by atoms with Gasteiger partial charge >= 0.3 is 5.97 Å². The van der Waals surface area contributed by atoms with Gasteiger partial charge in [0.15, 0.2) is 0 Å². The minimum absolute atomic E-state index is 0.00721. The second-order valence-electron chi connectivity index (χ2n) is 11.6. The van der Waals surface area contributed by atoms with Crippen LogP contribution in [0.2, 0.25) is 0 Å². The Hall–Kier alpha value is -1.69. The topological polar surface area (TPSA) is 65.0 Å². The van der Waals surface area contributed by atoms with Crippen LogP contribution in [0.5, 0.6) is 0 Å². The van der Waals surface area contributed by atoms with Crippen molar-refractivity contribution in [1.82, 2.24) is 0 Å². The van der Waals surface area contributed by atoms with Gasteiger partial charge in [0.25, 0.3) is 0 Å². The van der Waals surface area contributed by atoms with E-state index in [9.17, 15) is 9.90 Å². The molecule has 4 aliphatic rings. The summed E-state index contributed by atoms with van der Waals surface area (Å²) < 4.78 is 18.6. The first kappa shape index (κ1) is 25.4. The first-order valence-corrected chi connectivity index (χ1v) is 12.9. The van der Waals surface area contributed by atoms with Gasteiger partial charge in [0.05, 0.1) is 24.4 Å². The van der Waals surface area contributed by atoms with Gasteiger partial charge in [-0.25, -0.2) is 0 Å². The van der Waals surface area contributed by atoms with Gasteiger partial charge < -0.3 is 19.3 Å². The van der Waals surface area contributed by atoms with Crippen molar-refractivity contribution in [2.24, 2.45) is 23.7 Å². The summed E-state index contributed by atoms with van der Waals surface area (Å²) in [6.45, 7) is 15.2. The Bertz CT molecular complexity index is 925. The van der Waals surface area contributed by atoms with Crippen molar-refractivity contribution in [2.45, 2.75) is 97.2 Å². The van der Waals surface area contributed by atoms with E-state index >= 15 is 0 Å². The number of aliphatic hydroxyl groups is 1. The highest BCUT2D eigenvalue weighted by molar-refractivity contribution is 5.78. The SMILES string of the molecule is CC1=C[C@H]2C(=O)O[C@H]3CC(C/C=C(\C)C(C)[C@@H](C)/C=C/C=C4\COC(C1C)[C@@]42O)OC(C)(C)C3. The first-order valence-electron chi connectivity index (χ1n) is 12.9. The molecule has 0 saturated carbocycles. The highest BCUT2D eigenvalue weighted by atomic mass is 16.6. The van der Waals surface area contributed by atoms with Crippen molar-refractivity contribution < 1.29 is 24.1 Å². The molecule has 4 unspecified atom stereocenters. The summed E-state index contributed by atoms with van der Waals surface area (Å²) in [5.74, 6) is -0.421. The van der Waals surface area contributed by atoms with E-state index in [1.54, 1.807) is 0 Å². The predicted octanol–water partition coefficient (Wildman–Crippen LogP) is 5.30. The zero-order valence-electron chi connectivity index (χ0n) is 21.8. The van der Waals surface area contributed by atoms with E-state index < -0.39 is 17.6 Å². The molecule has 1 N–H and O–H groups in total. The Kier molecular flexibility index (Phi) is 7.03. The molecule has 5 heteroatoms. The van der Waals surface area contributed by atoms with Crippen molar-refractivity contribution in [3.63, 3.8) is 0 Å². The lowest BCUT2D eigenvalue weighted by atomic mass is 9.68. The average molecular weight is 471 g/mol. The van der Waals surface area contributed by atoms with Crippen molar-refractivity contribution in [1.29, 1.82) is 0 Å². The first-order chi connectivity index (χ1) is 15.9. The van der Waals surface area contributed by atoms with Crippen LogP contribution >= 0.6 is 0 Å². The highest BCUT2D eigenvalue weighted by Gasteiger charge is 2.58. The summed E-state index contributed by atoms with van der Waals surface area (Å²) in [6.07, 6.45) is 11.7. The molecule has 8 atom stereocenters. The van der Waals surface area contributed by atoms with Crippen LogP contribution in [0.15, 0.2) is 47.1 Å². The van der Waals surface area contributed by atoms with E-state index in [4.69, 9.17) is 14.2 Å². The molecule has 34 heavy (non-hydrogen) atoms. The minimum atomic E-state index is -1.40. The summed E-state index contributed by atoms with van der Waals surface area (Å²) >= 11 is 0. The quantitative estimate of drug-likeness (QED) is 0.384. The number of carbonyl (C=O) groups excluding carboxylic acids is 1. The number of hydrogen-bond donors (Lipinski definition) is 1. The molecule has 3 heterocycles. The molecule has 0 spiro atoms. The number of fused-ring (bicyclic) bond motifs is 2. The fraction of sp³-hybridized carbons (Fsp3) is 0.690. The molecular formula is C29H42O5. The van der Waals surface area contributed by atoms with Gasteiger partial charge in [-0.3, -0.25) is 4.79 Å². The maximum atomic E-state index is 13.6. The van der Waals surface area contributed by atoms with Crippen LogP contribution in [0.3, 0.4) is 0 Å². The predicted molar refractivity (Wildman–Crippen MR) is 133 cm³/mol. The van der Waals surface area contributed by atoms with Crippen LogP contribution in [0.4, 0.5) is 0 Å². The maximum Gasteiger partial charge on any atom is 0.316 e. The molecule has 0 amide bonds. The Labute approximate surface area is 204 Å². The van der Waals surface area contributed by atoms with Gasteiger partial charge in [-0.2, -0.15) is 0 Å². The zero-order valence-corrected chi connectivity index (χ0v) is 21.8.